The van der Waals surface area contributed by atoms with E-state index in [0.29, 0.717) is 23.4 Å². The molecule has 0 unspecified atom stereocenters. The number of H-pyrrole nitrogens is 1. The average Bonchev–Trinajstić information content (AvgIpc) is 3.12. The van der Waals surface area contributed by atoms with Crippen LogP contribution in [0.1, 0.15) is 11.1 Å². The van der Waals surface area contributed by atoms with Gasteiger partial charge in [-0.05, 0) is 42.0 Å². The molecule has 3 heterocycles. The van der Waals surface area contributed by atoms with Crippen molar-refractivity contribution in [3.05, 3.63) is 84.2 Å². The molecule has 5 aromatic rings. The predicted octanol–water partition coefficient (Wildman–Crippen LogP) is 4.97. The van der Waals surface area contributed by atoms with E-state index in [9.17, 15) is 10.4 Å². The van der Waals surface area contributed by atoms with Crippen molar-refractivity contribution in [2.75, 3.05) is 5.32 Å². The molecule has 144 valence electrons. The monoisotopic (exact) mass is 391 g/mol. The molecule has 0 amide bonds. The van der Waals surface area contributed by atoms with Crippen LogP contribution >= 0.6 is 0 Å². The lowest BCUT2D eigenvalue weighted by atomic mass is 10.0. The van der Waals surface area contributed by atoms with Gasteiger partial charge >= 0.3 is 0 Å². The van der Waals surface area contributed by atoms with Crippen molar-refractivity contribution in [1.82, 2.24) is 15.0 Å². The van der Waals surface area contributed by atoms with Crippen LogP contribution in [0.4, 0.5) is 5.69 Å². The molecule has 0 fully saturated rings. The summed E-state index contributed by atoms with van der Waals surface area (Å²) >= 11 is 0. The van der Waals surface area contributed by atoms with Gasteiger partial charge in [0.15, 0.2) is 5.88 Å². The summed E-state index contributed by atoms with van der Waals surface area (Å²) in [7, 11) is 0. The number of fused-ring (bicyclic) bond motifs is 2. The molecule has 0 saturated carbocycles. The maximum absolute atomic E-state index is 10.6. The van der Waals surface area contributed by atoms with E-state index in [-0.39, 0.29) is 5.88 Å². The molecule has 0 aliphatic carbocycles. The fraction of sp³-hybridized carbons (Fsp3) is 0.0417. The molecule has 30 heavy (non-hydrogen) atoms. The van der Waals surface area contributed by atoms with Crippen LogP contribution in [0.3, 0.4) is 0 Å². The average molecular weight is 391 g/mol. The third-order valence-corrected chi connectivity index (χ3v) is 5.09. The molecule has 0 aliphatic heterocycles. The number of nitrogens with zero attached hydrogens (tertiary/aromatic N) is 3. The van der Waals surface area contributed by atoms with Crippen molar-refractivity contribution in [1.29, 1.82) is 5.26 Å². The lowest BCUT2D eigenvalue weighted by Crippen LogP contribution is -2.01. The van der Waals surface area contributed by atoms with Gasteiger partial charge in [0.05, 0.1) is 28.4 Å². The van der Waals surface area contributed by atoms with Gasteiger partial charge in [-0.25, -0.2) is 4.98 Å². The van der Waals surface area contributed by atoms with Crippen molar-refractivity contribution in [3.8, 4) is 23.2 Å². The number of pyridine rings is 2. The lowest BCUT2D eigenvalue weighted by molar-refractivity contribution is 0.460. The van der Waals surface area contributed by atoms with Gasteiger partial charge < -0.3 is 15.4 Å². The molecule has 0 saturated heterocycles. The molecule has 0 aliphatic rings. The number of hydrogen-bond acceptors (Lipinski definition) is 5. The Morgan fingerprint density at radius 3 is 2.77 bits per heavy atom. The second-order valence-corrected chi connectivity index (χ2v) is 7.01. The van der Waals surface area contributed by atoms with Gasteiger partial charge in [-0.15, -0.1) is 0 Å². The number of aromatic amines is 1. The first-order valence-electron chi connectivity index (χ1n) is 9.50. The first-order chi connectivity index (χ1) is 14.7. The van der Waals surface area contributed by atoms with Gasteiger partial charge in [0, 0.05) is 40.9 Å². The number of para-hydroxylation sites is 1. The van der Waals surface area contributed by atoms with Crippen LogP contribution in [0.25, 0.3) is 33.1 Å². The van der Waals surface area contributed by atoms with Crippen LogP contribution < -0.4 is 5.32 Å². The summed E-state index contributed by atoms with van der Waals surface area (Å²) < 4.78 is 0. The van der Waals surface area contributed by atoms with Crippen LogP contribution in [-0.4, -0.2) is 20.1 Å². The highest BCUT2D eigenvalue weighted by Crippen LogP contribution is 2.38. The third kappa shape index (κ3) is 3.09. The Hall–Kier alpha value is -4.37. The van der Waals surface area contributed by atoms with Crippen LogP contribution in [-0.2, 0) is 6.54 Å². The van der Waals surface area contributed by atoms with E-state index in [4.69, 9.17) is 4.98 Å². The second-order valence-electron chi connectivity index (χ2n) is 7.01. The highest BCUT2D eigenvalue weighted by molar-refractivity contribution is 6.02. The van der Waals surface area contributed by atoms with Crippen LogP contribution in [0, 0.1) is 11.3 Å². The summed E-state index contributed by atoms with van der Waals surface area (Å²) in [4.78, 5) is 11.9. The minimum absolute atomic E-state index is 0.0288. The number of nitriles is 1. The number of nitrogens with one attached hydrogen (secondary N) is 2. The third-order valence-electron chi connectivity index (χ3n) is 5.09. The molecule has 3 N–H and O–H groups in total. The molecule has 0 radical (unpaired) electrons. The largest absolute Gasteiger partial charge is 0.494 e. The number of benzene rings is 2. The number of anilines is 1. The highest BCUT2D eigenvalue weighted by atomic mass is 16.3. The standard InChI is InChI=1S/C24H17N5O/c25-12-15-7-8-20-18(10-15)23(24(30)29-20)22-11-21(17-5-1-2-6-19(17)28-22)27-14-16-4-3-9-26-13-16/h1-11,13,29-30H,14H2,(H,27,28). The van der Waals surface area contributed by atoms with Gasteiger partial charge in [-0.1, -0.05) is 24.3 Å². The number of aromatic nitrogens is 3. The van der Waals surface area contributed by atoms with E-state index in [1.54, 1.807) is 24.4 Å². The summed E-state index contributed by atoms with van der Waals surface area (Å²) in [5, 5.41) is 25.1. The van der Waals surface area contributed by atoms with E-state index in [1.807, 2.05) is 48.7 Å². The van der Waals surface area contributed by atoms with E-state index in [0.717, 1.165) is 33.1 Å². The van der Waals surface area contributed by atoms with Gasteiger partial charge in [-0.2, -0.15) is 5.26 Å². The van der Waals surface area contributed by atoms with Crippen LogP contribution in [0.5, 0.6) is 5.88 Å². The first-order valence-corrected chi connectivity index (χ1v) is 9.50. The number of hydrogen-bond donors (Lipinski definition) is 3. The number of aromatic hydroxyl groups is 1. The predicted molar refractivity (Wildman–Crippen MR) is 117 cm³/mol. The molecule has 0 atom stereocenters. The van der Waals surface area contributed by atoms with Gasteiger partial charge in [0.25, 0.3) is 0 Å². The Kier molecular flexibility index (Phi) is 4.26. The zero-order chi connectivity index (χ0) is 20.5. The fourth-order valence-electron chi connectivity index (χ4n) is 3.66. The van der Waals surface area contributed by atoms with Crippen molar-refractivity contribution in [2.45, 2.75) is 6.54 Å². The molecule has 2 aromatic carbocycles. The smallest absolute Gasteiger partial charge is 0.199 e. The van der Waals surface area contributed by atoms with Gasteiger partial charge in [-0.3, -0.25) is 4.98 Å². The van der Waals surface area contributed by atoms with Crippen LogP contribution in [0.2, 0.25) is 0 Å². The maximum Gasteiger partial charge on any atom is 0.199 e. The number of rotatable bonds is 4. The minimum atomic E-state index is 0.0288. The molecule has 3 aromatic heterocycles. The quantitative estimate of drug-likeness (QED) is 0.402. The summed E-state index contributed by atoms with van der Waals surface area (Å²) in [5.74, 6) is 0.0288. The van der Waals surface area contributed by atoms with E-state index < -0.39 is 0 Å². The molecule has 0 bridgehead atoms. The molecule has 0 spiro atoms. The van der Waals surface area contributed by atoms with E-state index >= 15 is 0 Å². The first kappa shape index (κ1) is 17.7. The summed E-state index contributed by atoms with van der Waals surface area (Å²) in [6, 6.07) is 21.1. The zero-order valence-electron chi connectivity index (χ0n) is 15.9. The molecule has 5 rings (SSSR count). The summed E-state index contributed by atoms with van der Waals surface area (Å²) in [6.45, 7) is 0.611. The highest BCUT2D eigenvalue weighted by Gasteiger charge is 2.17. The Bertz CT molecular complexity index is 1420. The van der Waals surface area contributed by atoms with Crippen molar-refractivity contribution in [2.24, 2.45) is 0 Å². The maximum atomic E-state index is 10.6. The Labute approximate surface area is 172 Å². The van der Waals surface area contributed by atoms with Gasteiger partial charge in [0.2, 0.25) is 0 Å². The van der Waals surface area contributed by atoms with Crippen molar-refractivity contribution < 1.29 is 5.11 Å². The topological polar surface area (TPSA) is 97.6 Å². The molecular weight excluding hydrogens is 374 g/mol. The Morgan fingerprint density at radius 2 is 1.93 bits per heavy atom. The van der Waals surface area contributed by atoms with Crippen LogP contribution in [0.15, 0.2) is 73.1 Å². The van der Waals surface area contributed by atoms with Crippen molar-refractivity contribution >= 4 is 27.5 Å². The molecule has 6 heteroatoms. The molecular formula is C24H17N5O. The Balaban J connectivity index is 1.66. The summed E-state index contributed by atoms with van der Waals surface area (Å²) in [5.41, 5.74) is 5.27. The van der Waals surface area contributed by atoms with Gasteiger partial charge in [0.1, 0.15) is 0 Å². The normalized spacial score (nSPS) is 10.9. The minimum Gasteiger partial charge on any atom is -0.494 e. The second kappa shape index (κ2) is 7.22. The fourth-order valence-corrected chi connectivity index (χ4v) is 3.66. The van der Waals surface area contributed by atoms with E-state index in [1.165, 1.54) is 0 Å². The summed E-state index contributed by atoms with van der Waals surface area (Å²) in [6.07, 6.45) is 3.57. The zero-order valence-corrected chi connectivity index (χ0v) is 15.9. The Morgan fingerprint density at radius 1 is 1.03 bits per heavy atom. The SMILES string of the molecule is N#Cc1ccc2[nH]c(O)c(-c3cc(NCc4cccnc4)c4ccccc4n3)c2c1. The lowest BCUT2D eigenvalue weighted by Gasteiger charge is -2.12. The van der Waals surface area contributed by atoms with Crippen molar-refractivity contribution in [3.63, 3.8) is 0 Å². The molecule has 6 nitrogen and oxygen atoms in total. The van der Waals surface area contributed by atoms with E-state index in [2.05, 4.69) is 21.4 Å².